The van der Waals surface area contributed by atoms with E-state index in [1.165, 1.54) is 18.0 Å². The molecule has 0 saturated heterocycles. The summed E-state index contributed by atoms with van der Waals surface area (Å²) in [6.07, 6.45) is -4.28. The fraction of sp³-hybridized carbons (Fsp3) is 0.600. The lowest BCUT2D eigenvalue weighted by molar-refractivity contribution is -0.132. The van der Waals surface area contributed by atoms with Crippen molar-refractivity contribution in [2.24, 2.45) is 0 Å². The van der Waals surface area contributed by atoms with Crippen molar-refractivity contribution in [3.63, 3.8) is 0 Å². The number of hydrogen-bond donors (Lipinski definition) is 1. The SMILES string of the molecule is CCCNC(C)c1cccc(F)c1N(C)CCC(F)(F)F. The van der Waals surface area contributed by atoms with Crippen molar-refractivity contribution in [2.75, 3.05) is 25.0 Å². The normalized spacial score (nSPS) is 13.3. The maximum absolute atomic E-state index is 14.1. The minimum atomic E-state index is -4.24. The lowest BCUT2D eigenvalue weighted by atomic mass is 10.0. The molecule has 0 aliphatic carbocycles. The van der Waals surface area contributed by atoms with Gasteiger partial charge in [0.05, 0.1) is 12.1 Å². The Balaban J connectivity index is 2.93. The van der Waals surface area contributed by atoms with Crippen molar-refractivity contribution < 1.29 is 17.6 Å². The molecule has 0 radical (unpaired) electrons. The third-order valence-electron chi connectivity index (χ3n) is 3.30. The summed E-state index contributed by atoms with van der Waals surface area (Å²) in [5, 5.41) is 3.23. The molecule has 0 aromatic heterocycles. The van der Waals surface area contributed by atoms with Crippen LogP contribution >= 0.6 is 0 Å². The molecule has 2 nitrogen and oxygen atoms in total. The zero-order valence-electron chi connectivity index (χ0n) is 12.6. The molecule has 0 spiro atoms. The number of anilines is 1. The van der Waals surface area contributed by atoms with Crippen molar-refractivity contribution in [1.29, 1.82) is 0 Å². The van der Waals surface area contributed by atoms with E-state index in [1.54, 1.807) is 12.1 Å². The second-order valence-electron chi connectivity index (χ2n) is 5.14. The van der Waals surface area contributed by atoms with Gasteiger partial charge < -0.3 is 10.2 Å². The second-order valence-corrected chi connectivity index (χ2v) is 5.14. The van der Waals surface area contributed by atoms with Gasteiger partial charge in [-0.3, -0.25) is 0 Å². The summed E-state index contributed by atoms with van der Waals surface area (Å²) in [4.78, 5) is 1.34. The number of hydrogen-bond acceptors (Lipinski definition) is 2. The Hall–Kier alpha value is -1.30. The van der Waals surface area contributed by atoms with Crippen LogP contribution < -0.4 is 10.2 Å². The van der Waals surface area contributed by atoms with Gasteiger partial charge in [-0.25, -0.2) is 4.39 Å². The molecule has 0 bridgehead atoms. The summed E-state index contributed by atoms with van der Waals surface area (Å²) in [6, 6.07) is 4.48. The third-order valence-corrected chi connectivity index (χ3v) is 3.30. The molecule has 1 N–H and O–H groups in total. The zero-order valence-corrected chi connectivity index (χ0v) is 12.6. The Bertz CT molecular complexity index is 446. The van der Waals surface area contributed by atoms with E-state index in [2.05, 4.69) is 5.32 Å². The summed E-state index contributed by atoms with van der Waals surface area (Å²) < 4.78 is 51.0. The van der Waals surface area contributed by atoms with Crippen LogP contribution in [0.1, 0.15) is 38.3 Å². The molecule has 1 aromatic carbocycles. The quantitative estimate of drug-likeness (QED) is 0.757. The number of rotatable bonds is 7. The van der Waals surface area contributed by atoms with E-state index in [4.69, 9.17) is 0 Å². The van der Waals surface area contributed by atoms with E-state index in [0.29, 0.717) is 5.56 Å². The second kappa shape index (κ2) is 7.64. The van der Waals surface area contributed by atoms with E-state index < -0.39 is 18.4 Å². The Labute approximate surface area is 123 Å². The molecular formula is C15H22F4N2. The Kier molecular flexibility index (Phi) is 6.45. The van der Waals surface area contributed by atoms with Crippen molar-refractivity contribution in [2.45, 2.75) is 38.9 Å². The minimum Gasteiger partial charge on any atom is -0.372 e. The monoisotopic (exact) mass is 306 g/mol. The highest BCUT2D eigenvalue weighted by atomic mass is 19.4. The maximum Gasteiger partial charge on any atom is 0.390 e. The van der Waals surface area contributed by atoms with Gasteiger partial charge in [-0.05, 0) is 31.5 Å². The first-order valence-corrected chi connectivity index (χ1v) is 7.06. The number of nitrogens with zero attached hydrogens (tertiary/aromatic N) is 1. The van der Waals surface area contributed by atoms with Crippen LogP contribution in [0.25, 0.3) is 0 Å². The van der Waals surface area contributed by atoms with Crippen molar-refractivity contribution >= 4 is 5.69 Å². The molecule has 1 aromatic rings. The lowest BCUT2D eigenvalue weighted by Crippen LogP contribution is -2.28. The number of halogens is 4. The zero-order chi connectivity index (χ0) is 16.0. The highest BCUT2D eigenvalue weighted by Gasteiger charge is 2.28. The van der Waals surface area contributed by atoms with Crippen molar-refractivity contribution in [3.8, 4) is 0 Å². The summed E-state index contributed by atoms with van der Waals surface area (Å²) in [5.74, 6) is -0.498. The predicted octanol–water partition coefficient (Wildman–Crippen LogP) is 4.27. The molecule has 21 heavy (non-hydrogen) atoms. The van der Waals surface area contributed by atoms with Gasteiger partial charge >= 0.3 is 6.18 Å². The van der Waals surface area contributed by atoms with Gasteiger partial charge in [0.25, 0.3) is 0 Å². The standard InChI is InChI=1S/C15H22F4N2/c1-4-9-20-11(2)12-6-5-7-13(16)14(12)21(3)10-8-15(17,18)19/h5-7,11,20H,4,8-10H2,1-3H3. The predicted molar refractivity (Wildman–Crippen MR) is 77.1 cm³/mol. The van der Waals surface area contributed by atoms with Crippen LogP contribution in [0.15, 0.2) is 18.2 Å². The lowest BCUT2D eigenvalue weighted by Gasteiger charge is -2.26. The molecule has 0 amide bonds. The molecule has 0 saturated carbocycles. The van der Waals surface area contributed by atoms with E-state index in [1.807, 2.05) is 13.8 Å². The van der Waals surface area contributed by atoms with Gasteiger partial charge in [0.15, 0.2) is 0 Å². The minimum absolute atomic E-state index is 0.121. The molecular weight excluding hydrogens is 284 g/mol. The van der Waals surface area contributed by atoms with Crippen LogP contribution in [0.3, 0.4) is 0 Å². The van der Waals surface area contributed by atoms with Crippen LogP contribution in [-0.4, -0.2) is 26.3 Å². The van der Waals surface area contributed by atoms with Crippen molar-refractivity contribution in [1.82, 2.24) is 5.32 Å². The van der Waals surface area contributed by atoms with Crippen LogP contribution in [0.4, 0.5) is 23.2 Å². The number of alkyl halides is 3. The molecule has 0 aliphatic rings. The van der Waals surface area contributed by atoms with E-state index in [9.17, 15) is 17.6 Å². The average molecular weight is 306 g/mol. The van der Waals surface area contributed by atoms with Crippen molar-refractivity contribution in [3.05, 3.63) is 29.6 Å². The summed E-state index contributed by atoms with van der Waals surface area (Å²) >= 11 is 0. The fourth-order valence-electron chi connectivity index (χ4n) is 2.16. The molecule has 120 valence electrons. The molecule has 0 heterocycles. The molecule has 6 heteroatoms. The van der Waals surface area contributed by atoms with Crippen LogP contribution in [0, 0.1) is 5.82 Å². The third kappa shape index (κ3) is 5.53. The average Bonchev–Trinajstić information content (AvgIpc) is 2.41. The van der Waals surface area contributed by atoms with Gasteiger partial charge in [0.2, 0.25) is 0 Å². The number of para-hydroxylation sites is 1. The molecule has 1 unspecified atom stereocenters. The smallest absolute Gasteiger partial charge is 0.372 e. The van der Waals surface area contributed by atoms with E-state index in [0.717, 1.165) is 13.0 Å². The van der Waals surface area contributed by atoms with Gasteiger partial charge in [0.1, 0.15) is 5.82 Å². The molecule has 1 rings (SSSR count). The largest absolute Gasteiger partial charge is 0.390 e. The number of benzene rings is 1. The molecule has 1 atom stereocenters. The van der Waals surface area contributed by atoms with E-state index in [-0.39, 0.29) is 18.3 Å². The topological polar surface area (TPSA) is 15.3 Å². The Morgan fingerprint density at radius 3 is 2.52 bits per heavy atom. The molecule has 0 aliphatic heterocycles. The van der Waals surface area contributed by atoms with Crippen LogP contribution in [0.5, 0.6) is 0 Å². The first-order valence-electron chi connectivity index (χ1n) is 7.06. The Morgan fingerprint density at radius 2 is 1.95 bits per heavy atom. The Morgan fingerprint density at radius 1 is 1.29 bits per heavy atom. The summed E-state index contributed by atoms with van der Waals surface area (Å²) in [5.41, 5.74) is 0.908. The van der Waals surface area contributed by atoms with Gasteiger partial charge in [0, 0.05) is 19.6 Å². The highest BCUT2D eigenvalue weighted by Crippen LogP contribution is 2.30. The molecule has 0 fully saturated rings. The van der Waals surface area contributed by atoms with Crippen LogP contribution in [0.2, 0.25) is 0 Å². The van der Waals surface area contributed by atoms with Gasteiger partial charge in [-0.15, -0.1) is 0 Å². The van der Waals surface area contributed by atoms with E-state index >= 15 is 0 Å². The summed E-state index contributed by atoms with van der Waals surface area (Å²) in [6.45, 7) is 4.40. The first kappa shape index (κ1) is 17.8. The number of nitrogens with one attached hydrogen (secondary N) is 1. The van der Waals surface area contributed by atoms with Gasteiger partial charge in [-0.1, -0.05) is 19.1 Å². The first-order chi connectivity index (χ1) is 9.76. The van der Waals surface area contributed by atoms with Crippen LogP contribution in [-0.2, 0) is 0 Å². The van der Waals surface area contributed by atoms with Gasteiger partial charge in [-0.2, -0.15) is 13.2 Å². The fourth-order valence-corrected chi connectivity index (χ4v) is 2.16. The highest BCUT2D eigenvalue weighted by molar-refractivity contribution is 5.55. The maximum atomic E-state index is 14.1. The summed E-state index contributed by atoms with van der Waals surface area (Å²) in [7, 11) is 1.49.